The molecule has 7 heteroatoms. The number of piperazine rings is 1. The lowest BCUT2D eigenvalue weighted by Crippen LogP contribution is -2.47. The molecule has 3 aromatic rings. The Morgan fingerprint density at radius 1 is 0.958 bits per heavy atom. The van der Waals surface area contributed by atoms with E-state index in [1.54, 1.807) is 12.3 Å². The molecule has 0 aliphatic carbocycles. The summed E-state index contributed by atoms with van der Waals surface area (Å²) in [5.41, 5.74) is 0.759. The molecular weight excluding hydrogens is 307 g/mol. The van der Waals surface area contributed by atoms with Crippen molar-refractivity contribution in [3.05, 3.63) is 48.4 Å². The first-order valence-electron chi connectivity index (χ1n) is 7.90. The zero-order valence-electron chi connectivity index (χ0n) is 13.4. The van der Waals surface area contributed by atoms with Gasteiger partial charge in [-0.15, -0.1) is 0 Å². The van der Waals surface area contributed by atoms with Crippen LogP contribution in [0.4, 0.5) is 16.0 Å². The molecule has 0 unspecified atom stereocenters. The van der Waals surface area contributed by atoms with Gasteiger partial charge in [0.05, 0.1) is 5.52 Å². The van der Waals surface area contributed by atoms with Gasteiger partial charge in [0.15, 0.2) is 0 Å². The lowest BCUT2D eigenvalue weighted by atomic mass is 10.2. The van der Waals surface area contributed by atoms with E-state index in [2.05, 4.69) is 29.7 Å². The summed E-state index contributed by atoms with van der Waals surface area (Å²) >= 11 is 0. The Bertz CT molecular complexity index is 876. The second-order valence-corrected chi connectivity index (χ2v) is 5.79. The molecule has 2 aromatic heterocycles. The fourth-order valence-corrected chi connectivity index (χ4v) is 3.03. The van der Waals surface area contributed by atoms with Gasteiger partial charge in [-0.1, -0.05) is 0 Å². The molecule has 1 saturated heterocycles. The van der Waals surface area contributed by atoms with Gasteiger partial charge in [0.25, 0.3) is 0 Å². The average Bonchev–Trinajstić information content (AvgIpc) is 2.61. The Morgan fingerprint density at radius 3 is 2.54 bits per heavy atom. The van der Waals surface area contributed by atoms with Crippen molar-refractivity contribution in [2.45, 2.75) is 6.92 Å². The quantitative estimate of drug-likeness (QED) is 0.720. The fourth-order valence-electron chi connectivity index (χ4n) is 3.03. The van der Waals surface area contributed by atoms with Gasteiger partial charge in [-0.05, 0) is 31.2 Å². The smallest absolute Gasteiger partial charge is 0.140 e. The van der Waals surface area contributed by atoms with Crippen LogP contribution in [0.2, 0.25) is 0 Å². The van der Waals surface area contributed by atoms with E-state index < -0.39 is 0 Å². The van der Waals surface area contributed by atoms with Gasteiger partial charge in [-0.3, -0.25) is 0 Å². The fraction of sp³-hybridized carbons (Fsp3) is 0.294. The maximum Gasteiger partial charge on any atom is 0.140 e. The zero-order valence-corrected chi connectivity index (χ0v) is 13.4. The average molecular weight is 324 g/mol. The molecule has 1 aliphatic rings. The molecule has 24 heavy (non-hydrogen) atoms. The van der Waals surface area contributed by atoms with Gasteiger partial charge in [0, 0.05) is 37.8 Å². The Balaban J connectivity index is 1.57. The lowest BCUT2D eigenvalue weighted by Gasteiger charge is -2.36. The second kappa shape index (κ2) is 5.99. The highest BCUT2D eigenvalue weighted by Crippen LogP contribution is 2.25. The monoisotopic (exact) mass is 324 g/mol. The summed E-state index contributed by atoms with van der Waals surface area (Å²) in [5.74, 6) is 2.24. The molecule has 4 rings (SSSR count). The van der Waals surface area contributed by atoms with E-state index in [4.69, 9.17) is 0 Å². The molecule has 6 nitrogen and oxygen atoms in total. The summed E-state index contributed by atoms with van der Waals surface area (Å²) in [6.45, 7) is 5.15. The molecular formula is C17H17FN6. The third kappa shape index (κ3) is 2.73. The normalized spacial score (nSPS) is 15.1. The Labute approximate surface area is 139 Å². The highest BCUT2D eigenvalue weighted by molar-refractivity contribution is 5.89. The number of aryl methyl sites for hydroxylation is 1. The first-order chi connectivity index (χ1) is 11.7. The van der Waals surface area contributed by atoms with E-state index in [0.29, 0.717) is 0 Å². The van der Waals surface area contributed by atoms with Crippen molar-refractivity contribution in [3.8, 4) is 0 Å². The molecule has 1 aliphatic heterocycles. The molecule has 0 saturated carbocycles. The molecule has 0 spiro atoms. The van der Waals surface area contributed by atoms with Crippen LogP contribution in [0.25, 0.3) is 10.9 Å². The van der Waals surface area contributed by atoms with Crippen molar-refractivity contribution in [2.75, 3.05) is 36.0 Å². The van der Waals surface area contributed by atoms with E-state index in [1.165, 1.54) is 18.5 Å². The first kappa shape index (κ1) is 14.7. The third-order valence-corrected chi connectivity index (χ3v) is 4.24. The largest absolute Gasteiger partial charge is 0.353 e. The Hall–Kier alpha value is -2.83. The number of benzene rings is 1. The van der Waals surface area contributed by atoms with Crippen molar-refractivity contribution in [1.82, 2.24) is 19.9 Å². The highest BCUT2D eigenvalue weighted by atomic mass is 19.1. The number of rotatable bonds is 2. The van der Waals surface area contributed by atoms with Gasteiger partial charge >= 0.3 is 0 Å². The van der Waals surface area contributed by atoms with Crippen molar-refractivity contribution < 1.29 is 4.39 Å². The van der Waals surface area contributed by atoms with Crippen LogP contribution in [0.1, 0.15) is 5.82 Å². The van der Waals surface area contributed by atoms with E-state index in [0.717, 1.165) is 54.5 Å². The molecule has 3 heterocycles. The maximum absolute atomic E-state index is 13.6. The van der Waals surface area contributed by atoms with Gasteiger partial charge < -0.3 is 9.80 Å². The zero-order chi connectivity index (χ0) is 16.5. The van der Waals surface area contributed by atoms with Crippen molar-refractivity contribution in [1.29, 1.82) is 0 Å². The standard InChI is InChI=1S/C17H17FN6/c1-12-19-5-4-16(22-12)23-6-8-24(9-7-23)17-14-10-13(18)2-3-15(14)20-11-21-17/h2-5,10-11H,6-9H2,1H3. The van der Waals surface area contributed by atoms with E-state index in [1.807, 2.05) is 13.0 Å². The van der Waals surface area contributed by atoms with Crippen molar-refractivity contribution >= 4 is 22.5 Å². The first-order valence-corrected chi connectivity index (χ1v) is 7.90. The third-order valence-electron chi connectivity index (χ3n) is 4.24. The minimum Gasteiger partial charge on any atom is -0.353 e. The van der Waals surface area contributed by atoms with Crippen LogP contribution in [-0.4, -0.2) is 46.1 Å². The molecule has 0 bridgehead atoms. The number of aromatic nitrogens is 4. The topological polar surface area (TPSA) is 58.0 Å². The van der Waals surface area contributed by atoms with Gasteiger partial charge in [-0.2, -0.15) is 0 Å². The predicted molar refractivity (Wildman–Crippen MR) is 90.7 cm³/mol. The predicted octanol–water partition coefficient (Wildman–Crippen LogP) is 2.19. The summed E-state index contributed by atoms with van der Waals surface area (Å²) < 4.78 is 13.6. The van der Waals surface area contributed by atoms with Crippen LogP contribution in [0.3, 0.4) is 0 Å². The van der Waals surface area contributed by atoms with E-state index in [9.17, 15) is 4.39 Å². The number of hydrogen-bond donors (Lipinski definition) is 0. The number of hydrogen-bond acceptors (Lipinski definition) is 6. The van der Waals surface area contributed by atoms with Crippen LogP contribution in [-0.2, 0) is 0 Å². The van der Waals surface area contributed by atoms with E-state index in [-0.39, 0.29) is 5.82 Å². The number of nitrogens with zero attached hydrogens (tertiary/aromatic N) is 6. The second-order valence-electron chi connectivity index (χ2n) is 5.79. The molecule has 122 valence electrons. The summed E-state index contributed by atoms with van der Waals surface area (Å²) in [5, 5.41) is 0.754. The molecule has 0 radical (unpaired) electrons. The van der Waals surface area contributed by atoms with E-state index >= 15 is 0 Å². The number of anilines is 2. The highest BCUT2D eigenvalue weighted by Gasteiger charge is 2.21. The van der Waals surface area contributed by atoms with Gasteiger partial charge in [0.2, 0.25) is 0 Å². The molecule has 0 N–H and O–H groups in total. The SMILES string of the molecule is Cc1nccc(N2CCN(c3ncnc4ccc(F)cc34)CC2)n1. The maximum atomic E-state index is 13.6. The van der Waals surface area contributed by atoms with Crippen LogP contribution in [0.5, 0.6) is 0 Å². The van der Waals surface area contributed by atoms with Gasteiger partial charge in [-0.25, -0.2) is 24.3 Å². The summed E-state index contributed by atoms with van der Waals surface area (Å²) in [6, 6.07) is 6.55. The molecule has 0 amide bonds. The molecule has 1 aromatic carbocycles. The minimum atomic E-state index is -0.270. The van der Waals surface area contributed by atoms with Crippen molar-refractivity contribution in [2.24, 2.45) is 0 Å². The summed E-state index contributed by atoms with van der Waals surface area (Å²) in [6.07, 6.45) is 3.32. The minimum absolute atomic E-state index is 0.270. The van der Waals surface area contributed by atoms with Crippen molar-refractivity contribution in [3.63, 3.8) is 0 Å². The molecule has 1 fully saturated rings. The van der Waals surface area contributed by atoms with Crippen LogP contribution >= 0.6 is 0 Å². The summed E-state index contributed by atoms with van der Waals surface area (Å²) in [7, 11) is 0. The molecule has 0 atom stereocenters. The number of fused-ring (bicyclic) bond motifs is 1. The Kier molecular flexibility index (Phi) is 3.68. The van der Waals surface area contributed by atoms with Crippen LogP contribution in [0.15, 0.2) is 36.8 Å². The lowest BCUT2D eigenvalue weighted by molar-refractivity contribution is 0.628. The summed E-state index contributed by atoms with van der Waals surface area (Å²) in [4.78, 5) is 21.6. The Morgan fingerprint density at radius 2 is 1.75 bits per heavy atom. The van der Waals surface area contributed by atoms with Gasteiger partial charge in [0.1, 0.15) is 29.6 Å². The van der Waals surface area contributed by atoms with Crippen LogP contribution in [0, 0.1) is 12.7 Å². The number of halogens is 1. The van der Waals surface area contributed by atoms with Crippen LogP contribution < -0.4 is 9.80 Å².